The highest BCUT2D eigenvalue weighted by Crippen LogP contribution is 2.27. The zero-order valence-electron chi connectivity index (χ0n) is 16.2. The number of thioether (sulfide) groups is 1. The number of ether oxygens (including phenoxy) is 1. The molecule has 0 aromatic heterocycles. The van der Waals surface area contributed by atoms with E-state index in [4.69, 9.17) is 4.74 Å². The molecule has 1 saturated carbocycles. The topological polar surface area (TPSA) is 41.6 Å². The summed E-state index contributed by atoms with van der Waals surface area (Å²) in [5, 5.41) is 3.08. The predicted octanol–water partition coefficient (Wildman–Crippen LogP) is 4.72. The number of hydrogen-bond donors (Lipinski definition) is 1. The van der Waals surface area contributed by atoms with Crippen LogP contribution in [0.3, 0.4) is 0 Å². The second kappa shape index (κ2) is 10.9. The Hall–Kier alpha value is -1.30. The van der Waals surface area contributed by atoms with E-state index in [2.05, 4.69) is 16.8 Å². The van der Waals surface area contributed by atoms with Crippen LogP contribution in [0.2, 0.25) is 0 Å². The van der Waals surface area contributed by atoms with Crippen LogP contribution in [0, 0.1) is 0 Å². The summed E-state index contributed by atoms with van der Waals surface area (Å²) in [5.41, 5.74) is 0.893. The van der Waals surface area contributed by atoms with E-state index in [9.17, 15) is 4.79 Å². The van der Waals surface area contributed by atoms with Gasteiger partial charge >= 0.3 is 0 Å². The Balaban J connectivity index is 1.41. The third kappa shape index (κ3) is 6.66. The third-order valence-electron chi connectivity index (χ3n) is 5.36. The first kappa shape index (κ1) is 20.4. The Bertz CT molecular complexity index is 608. The summed E-state index contributed by atoms with van der Waals surface area (Å²) in [6, 6.07) is 7.96. The minimum absolute atomic E-state index is 0.0632. The number of nitrogens with zero attached hydrogens (tertiary/aromatic N) is 1. The molecule has 1 amide bonds. The van der Waals surface area contributed by atoms with Crippen molar-refractivity contribution in [3.8, 4) is 0 Å². The van der Waals surface area contributed by atoms with Gasteiger partial charge in [-0.3, -0.25) is 9.69 Å². The van der Waals surface area contributed by atoms with E-state index in [1.807, 2.05) is 30.3 Å². The van der Waals surface area contributed by atoms with Gasteiger partial charge in [-0.2, -0.15) is 0 Å². The first-order valence-corrected chi connectivity index (χ1v) is 11.2. The maximum absolute atomic E-state index is 12.5. The fourth-order valence-corrected chi connectivity index (χ4v) is 4.66. The molecule has 1 aromatic carbocycles. The molecule has 1 heterocycles. The molecule has 0 atom stereocenters. The van der Waals surface area contributed by atoms with Crippen LogP contribution in [0.5, 0.6) is 0 Å². The number of benzene rings is 1. The Kier molecular flexibility index (Phi) is 8.24. The smallest absolute Gasteiger partial charge is 0.238 e. The molecule has 3 rings (SSSR count). The van der Waals surface area contributed by atoms with Crippen molar-refractivity contribution in [1.29, 1.82) is 0 Å². The molecule has 1 aromatic rings. The lowest BCUT2D eigenvalue weighted by Gasteiger charge is -2.34. The van der Waals surface area contributed by atoms with E-state index in [-0.39, 0.29) is 5.91 Å². The van der Waals surface area contributed by atoms with Crippen molar-refractivity contribution in [3.05, 3.63) is 36.9 Å². The maximum Gasteiger partial charge on any atom is 0.238 e. The van der Waals surface area contributed by atoms with Gasteiger partial charge in [0, 0.05) is 23.7 Å². The molecule has 1 N–H and O–H groups in total. The van der Waals surface area contributed by atoms with Crippen LogP contribution in [-0.2, 0) is 9.53 Å². The number of para-hydroxylation sites is 1. The molecule has 5 heteroatoms. The van der Waals surface area contributed by atoms with Crippen LogP contribution in [0.15, 0.2) is 41.8 Å². The van der Waals surface area contributed by atoms with Crippen molar-refractivity contribution in [3.63, 3.8) is 0 Å². The maximum atomic E-state index is 12.5. The lowest BCUT2D eigenvalue weighted by Crippen LogP contribution is -2.42. The zero-order valence-corrected chi connectivity index (χ0v) is 17.0. The summed E-state index contributed by atoms with van der Waals surface area (Å²) in [6.45, 7) is 6.10. The Morgan fingerprint density at radius 1 is 1.15 bits per heavy atom. The lowest BCUT2D eigenvalue weighted by molar-refractivity contribution is -0.118. The first-order chi connectivity index (χ1) is 13.2. The zero-order chi connectivity index (χ0) is 18.9. The Morgan fingerprint density at radius 2 is 1.85 bits per heavy atom. The summed E-state index contributed by atoms with van der Waals surface area (Å²) in [6.07, 6.45) is 11.3. The van der Waals surface area contributed by atoms with Gasteiger partial charge in [0.2, 0.25) is 5.91 Å². The summed E-state index contributed by atoms with van der Waals surface area (Å²) >= 11 is 1.69. The number of likely N-dealkylation sites (tertiary alicyclic amines) is 1. The second-order valence-electron chi connectivity index (χ2n) is 7.52. The van der Waals surface area contributed by atoms with Gasteiger partial charge in [0.05, 0.1) is 24.4 Å². The average molecular weight is 389 g/mol. The van der Waals surface area contributed by atoms with Gasteiger partial charge in [-0.15, -0.1) is 18.3 Å². The average Bonchev–Trinajstić information content (AvgIpc) is 2.69. The minimum atomic E-state index is 0.0632. The molecule has 1 aliphatic carbocycles. The molecule has 148 valence electrons. The molecule has 1 aliphatic heterocycles. The highest BCUT2D eigenvalue weighted by Gasteiger charge is 2.25. The summed E-state index contributed by atoms with van der Waals surface area (Å²) in [4.78, 5) is 15.8. The molecule has 0 radical (unpaired) electrons. The van der Waals surface area contributed by atoms with Crippen LogP contribution >= 0.6 is 11.8 Å². The van der Waals surface area contributed by atoms with Crippen LogP contribution in [0.25, 0.3) is 0 Å². The fraction of sp³-hybridized carbons (Fsp3) is 0.591. The molecule has 2 aliphatic rings. The van der Waals surface area contributed by atoms with Gasteiger partial charge in [0.15, 0.2) is 0 Å². The molecule has 0 spiro atoms. The van der Waals surface area contributed by atoms with Crippen molar-refractivity contribution in [2.45, 2.75) is 62.0 Å². The van der Waals surface area contributed by atoms with E-state index in [0.717, 1.165) is 42.3 Å². The first-order valence-electron chi connectivity index (χ1n) is 10.2. The van der Waals surface area contributed by atoms with E-state index in [1.54, 1.807) is 11.8 Å². The second-order valence-corrected chi connectivity index (χ2v) is 8.58. The van der Waals surface area contributed by atoms with Gasteiger partial charge in [0.1, 0.15) is 0 Å². The van der Waals surface area contributed by atoms with Crippen LogP contribution in [0.4, 0.5) is 5.69 Å². The Morgan fingerprint density at radius 3 is 2.59 bits per heavy atom. The number of rotatable bonds is 8. The fourth-order valence-electron chi connectivity index (χ4n) is 3.91. The Labute approximate surface area is 167 Å². The monoisotopic (exact) mass is 388 g/mol. The molecule has 1 saturated heterocycles. The third-order valence-corrected chi connectivity index (χ3v) is 6.43. The number of nitrogens with one attached hydrogen (secondary N) is 1. The normalized spacial score (nSPS) is 19.7. The minimum Gasteiger partial charge on any atom is -0.375 e. The molecule has 2 fully saturated rings. The van der Waals surface area contributed by atoms with Gasteiger partial charge < -0.3 is 10.1 Å². The molecular formula is C22H32N2O2S. The van der Waals surface area contributed by atoms with Crippen molar-refractivity contribution >= 4 is 23.4 Å². The van der Waals surface area contributed by atoms with E-state index in [1.165, 1.54) is 32.1 Å². The quantitative estimate of drug-likeness (QED) is 0.517. The highest BCUT2D eigenvalue weighted by atomic mass is 32.2. The van der Waals surface area contributed by atoms with Crippen LogP contribution < -0.4 is 5.32 Å². The van der Waals surface area contributed by atoms with Gasteiger partial charge in [-0.25, -0.2) is 0 Å². The predicted molar refractivity (Wildman–Crippen MR) is 113 cm³/mol. The summed E-state index contributed by atoms with van der Waals surface area (Å²) in [7, 11) is 0. The molecule has 0 unspecified atom stereocenters. The SMILES string of the molecule is C=CCSc1ccccc1NC(=O)CN1CCC(OC2CCCCC2)CC1. The number of anilines is 1. The number of hydrogen-bond acceptors (Lipinski definition) is 4. The molecule has 27 heavy (non-hydrogen) atoms. The molecular weight excluding hydrogens is 356 g/mol. The van der Waals surface area contributed by atoms with Crippen molar-refractivity contribution in [1.82, 2.24) is 4.90 Å². The van der Waals surface area contributed by atoms with Gasteiger partial charge in [0.25, 0.3) is 0 Å². The summed E-state index contributed by atoms with van der Waals surface area (Å²) < 4.78 is 6.30. The number of piperidine rings is 1. The molecule has 4 nitrogen and oxygen atoms in total. The number of carbonyl (C=O) groups excluding carboxylic acids is 1. The van der Waals surface area contributed by atoms with Crippen LogP contribution in [-0.4, -0.2) is 48.4 Å². The van der Waals surface area contributed by atoms with Crippen molar-refractivity contribution in [2.75, 3.05) is 30.7 Å². The summed E-state index contributed by atoms with van der Waals surface area (Å²) in [5.74, 6) is 0.898. The van der Waals surface area contributed by atoms with Gasteiger partial charge in [-0.05, 0) is 37.8 Å². The van der Waals surface area contributed by atoms with Crippen molar-refractivity contribution < 1.29 is 9.53 Å². The highest BCUT2D eigenvalue weighted by molar-refractivity contribution is 7.99. The van der Waals surface area contributed by atoms with Gasteiger partial charge in [-0.1, -0.05) is 37.5 Å². The number of amides is 1. The number of carbonyl (C=O) groups is 1. The largest absolute Gasteiger partial charge is 0.375 e. The van der Waals surface area contributed by atoms with E-state index < -0.39 is 0 Å². The standard InChI is InChI=1S/C22H32N2O2S/c1-2-16-27-21-11-7-6-10-20(21)23-22(25)17-24-14-12-19(13-15-24)26-18-8-4-3-5-9-18/h2,6-7,10-11,18-19H,1,3-5,8-9,12-17H2,(H,23,25). The van der Waals surface area contributed by atoms with E-state index >= 15 is 0 Å². The van der Waals surface area contributed by atoms with Crippen molar-refractivity contribution in [2.24, 2.45) is 0 Å². The van der Waals surface area contributed by atoms with E-state index in [0.29, 0.717) is 18.8 Å². The lowest BCUT2D eigenvalue weighted by atomic mass is 9.97. The molecule has 0 bridgehead atoms. The van der Waals surface area contributed by atoms with Crippen LogP contribution in [0.1, 0.15) is 44.9 Å².